The van der Waals surface area contributed by atoms with E-state index in [4.69, 9.17) is 5.11 Å². The molecule has 1 amide bonds. The molecule has 2 aromatic rings. The first-order valence-electron chi connectivity index (χ1n) is 8.68. The van der Waals surface area contributed by atoms with Crippen molar-refractivity contribution < 1.29 is 19.5 Å². The topological polar surface area (TPSA) is 83.5 Å². The second-order valence-corrected chi connectivity index (χ2v) is 6.18. The Morgan fingerprint density at radius 1 is 0.846 bits per heavy atom. The molecule has 0 aliphatic heterocycles. The highest BCUT2D eigenvalue weighted by atomic mass is 16.4. The molecule has 1 unspecified atom stereocenters. The molecule has 0 bridgehead atoms. The van der Waals surface area contributed by atoms with Crippen molar-refractivity contribution in [1.82, 2.24) is 5.32 Å². The van der Waals surface area contributed by atoms with Crippen LogP contribution < -0.4 is 5.32 Å². The van der Waals surface area contributed by atoms with Gasteiger partial charge in [-0.2, -0.15) is 0 Å². The summed E-state index contributed by atoms with van der Waals surface area (Å²) in [6.45, 7) is 0. The van der Waals surface area contributed by atoms with Crippen LogP contribution in [0.3, 0.4) is 0 Å². The molecule has 0 saturated carbocycles. The second kappa shape index (κ2) is 10.1. The molecule has 2 N–H and O–H groups in total. The van der Waals surface area contributed by atoms with E-state index in [0.29, 0.717) is 18.4 Å². The minimum absolute atomic E-state index is 0.0132. The van der Waals surface area contributed by atoms with E-state index < -0.39 is 5.97 Å². The number of carbonyl (C=O) groups excluding carboxylic acids is 2. The zero-order chi connectivity index (χ0) is 18.8. The molecule has 0 spiro atoms. The summed E-state index contributed by atoms with van der Waals surface area (Å²) in [7, 11) is 0. The Kier molecular flexibility index (Phi) is 7.55. The van der Waals surface area contributed by atoms with Crippen LogP contribution in [0.2, 0.25) is 0 Å². The highest BCUT2D eigenvalue weighted by molar-refractivity contribution is 5.97. The van der Waals surface area contributed by atoms with Gasteiger partial charge < -0.3 is 10.4 Å². The van der Waals surface area contributed by atoms with Gasteiger partial charge in [0.1, 0.15) is 0 Å². The molecule has 0 aliphatic rings. The summed E-state index contributed by atoms with van der Waals surface area (Å²) in [6, 6.07) is 18.2. The van der Waals surface area contributed by atoms with Gasteiger partial charge in [-0.1, -0.05) is 60.7 Å². The maximum atomic E-state index is 12.2. The van der Waals surface area contributed by atoms with Crippen molar-refractivity contribution in [3.8, 4) is 0 Å². The fourth-order valence-corrected chi connectivity index (χ4v) is 2.72. The Bertz CT molecular complexity index is 728. The summed E-state index contributed by atoms with van der Waals surface area (Å²) >= 11 is 0. The van der Waals surface area contributed by atoms with Gasteiger partial charge in [-0.25, -0.2) is 0 Å². The molecular formula is C21H23NO4. The first kappa shape index (κ1) is 19.4. The molecule has 2 rings (SSSR count). The third-order valence-corrected chi connectivity index (χ3v) is 4.07. The Balaban J connectivity index is 1.88. The van der Waals surface area contributed by atoms with Gasteiger partial charge in [-0.15, -0.1) is 0 Å². The molecule has 0 aliphatic carbocycles. The lowest BCUT2D eigenvalue weighted by molar-refractivity contribution is -0.137. The first-order chi connectivity index (χ1) is 12.5. The average Bonchev–Trinajstić information content (AvgIpc) is 2.65. The van der Waals surface area contributed by atoms with Crippen LogP contribution in [-0.4, -0.2) is 28.8 Å². The van der Waals surface area contributed by atoms with Crippen molar-refractivity contribution in [3.63, 3.8) is 0 Å². The third-order valence-electron chi connectivity index (χ3n) is 4.07. The quantitative estimate of drug-likeness (QED) is 0.642. The van der Waals surface area contributed by atoms with Crippen molar-refractivity contribution in [2.24, 2.45) is 0 Å². The van der Waals surface area contributed by atoms with Gasteiger partial charge in [-0.3, -0.25) is 14.4 Å². The van der Waals surface area contributed by atoms with Crippen LogP contribution in [0.4, 0.5) is 0 Å². The number of carboxylic acid groups (broad SMARTS) is 1. The average molecular weight is 353 g/mol. The van der Waals surface area contributed by atoms with Gasteiger partial charge in [0.25, 0.3) is 0 Å². The molecule has 0 fully saturated rings. The standard InChI is InChI=1S/C21H23NO4/c23-19(17-9-5-2-6-10-17)12-13-20(24)22-18(11-14-21(25)26)15-16-7-3-1-4-8-16/h1-10,18H,11-15H2,(H,22,24)(H,25,26). The van der Waals surface area contributed by atoms with Crippen LogP contribution in [-0.2, 0) is 16.0 Å². The van der Waals surface area contributed by atoms with Crippen molar-refractivity contribution >= 4 is 17.7 Å². The molecule has 0 saturated heterocycles. The lowest BCUT2D eigenvalue weighted by atomic mass is 10.0. The number of nitrogens with one attached hydrogen (secondary N) is 1. The number of rotatable bonds is 10. The molecule has 5 nitrogen and oxygen atoms in total. The smallest absolute Gasteiger partial charge is 0.303 e. The molecule has 2 aromatic carbocycles. The van der Waals surface area contributed by atoms with E-state index >= 15 is 0 Å². The predicted octanol–water partition coefficient (Wildman–Crippen LogP) is 3.24. The van der Waals surface area contributed by atoms with Crippen molar-refractivity contribution in [1.29, 1.82) is 0 Å². The Labute approximate surface area is 153 Å². The minimum Gasteiger partial charge on any atom is -0.481 e. The molecule has 136 valence electrons. The zero-order valence-electron chi connectivity index (χ0n) is 14.6. The van der Waals surface area contributed by atoms with Crippen LogP contribution in [0.25, 0.3) is 0 Å². The van der Waals surface area contributed by atoms with E-state index in [1.165, 1.54) is 0 Å². The number of amides is 1. The predicted molar refractivity (Wildman–Crippen MR) is 99.0 cm³/mol. The van der Waals surface area contributed by atoms with Crippen LogP contribution in [0.1, 0.15) is 41.6 Å². The summed E-state index contributed by atoms with van der Waals surface area (Å²) in [4.78, 5) is 35.2. The number of Topliss-reactive ketones (excluding diaryl/α,β-unsaturated/α-hetero) is 1. The zero-order valence-corrected chi connectivity index (χ0v) is 14.6. The molecule has 0 radical (unpaired) electrons. The van der Waals surface area contributed by atoms with Gasteiger partial charge in [0.15, 0.2) is 5.78 Å². The van der Waals surface area contributed by atoms with E-state index in [1.807, 2.05) is 36.4 Å². The molecular weight excluding hydrogens is 330 g/mol. The maximum absolute atomic E-state index is 12.2. The van der Waals surface area contributed by atoms with E-state index in [9.17, 15) is 14.4 Å². The van der Waals surface area contributed by atoms with Gasteiger partial charge >= 0.3 is 5.97 Å². The van der Waals surface area contributed by atoms with E-state index in [-0.39, 0.29) is 37.0 Å². The Morgan fingerprint density at radius 3 is 2.08 bits per heavy atom. The van der Waals surface area contributed by atoms with Crippen molar-refractivity contribution in [2.45, 2.75) is 38.1 Å². The van der Waals surface area contributed by atoms with E-state index in [1.54, 1.807) is 24.3 Å². The number of ketones is 1. The van der Waals surface area contributed by atoms with E-state index in [0.717, 1.165) is 5.56 Å². The number of carboxylic acids is 1. The number of carbonyl (C=O) groups is 3. The SMILES string of the molecule is O=C(O)CCC(Cc1ccccc1)NC(=O)CCC(=O)c1ccccc1. The number of aliphatic carboxylic acids is 1. The van der Waals surface area contributed by atoms with Gasteiger partial charge in [-0.05, 0) is 18.4 Å². The van der Waals surface area contributed by atoms with Crippen LogP contribution >= 0.6 is 0 Å². The molecule has 0 aromatic heterocycles. The van der Waals surface area contributed by atoms with Crippen LogP contribution in [0, 0.1) is 0 Å². The van der Waals surface area contributed by atoms with Gasteiger partial charge in [0.2, 0.25) is 5.91 Å². The normalized spacial score (nSPS) is 11.5. The maximum Gasteiger partial charge on any atom is 0.303 e. The van der Waals surface area contributed by atoms with Crippen molar-refractivity contribution in [2.75, 3.05) is 0 Å². The fraction of sp³-hybridized carbons (Fsp3) is 0.286. The molecule has 0 heterocycles. The van der Waals surface area contributed by atoms with Crippen LogP contribution in [0.15, 0.2) is 60.7 Å². The lowest BCUT2D eigenvalue weighted by Crippen LogP contribution is -2.37. The summed E-state index contributed by atoms with van der Waals surface area (Å²) < 4.78 is 0. The Hall–Kier alpha value is -2.95. The highest BCUT2D eigenvalue weighted by Gasteiger charge is 2.16. The lowest BCUT2D eigenvalue weighted by Gasteiger charge is -2.18. The van der Waals surface area contributed by atoms with E-state index in [2.05, 4.69) is 5.32 Å². The summed E-state index contributed by atoms with van der Waals surface area (Å²) in [5.74, 6) is -1.21. The number of benzene rings is 2. The van der Waals surface area contributed by atoms with Crippen LogP contribution in [0.5, 0.6) is 0 Å². The van der Waals surface area contributed by atoms with Crippen molar-refractivity contribution in [3.05, 3.63) is 71.8 Å². The monoisotopic (exact) mass is 353 g/mol. The first-order valence-corrected chi connectivity index (χ1v) is 8.68. The Morgan fingerprint density at radius 2 is 1.46 bits per heavy atom. The minimum atomic E-state index is -0.892. The molecule has 26 heavy (non-hydrogen) atoms. The van der Waals surface area contributed by atoms with Gasteiger partial charge in [0.05, 0.1) is 0 Å². The summed E-state index contributed by atoms with van der Waals surface area (Å²) in [5, 5.41) is 11.8. The number of hydrogen-bond acceptors (Lipinski definition) is 3. The second-order valence-electron chi connectivity index (χ2n) is 6.18. The summed E-state index contributed by atoms with van der Waals surface area (Å²) in [6.07, 6.45) is 1.12. The highest BCUT2D eigenvalue weighted by Crippen LogP contribution is 2.10. The largest absolute Gasteiger partial charge is 0.481 e. The van der Waals surface area contributed by atoms with Gasteiger partial charge in [0, 0.05) is 30.9 Å². The third kappa shape index (κ3) is 6.89. The number of hydrogen-bond donors (Lipinski definition) is 2. The fourth-order valence-electron chi connectivity index (χ4n) is 2.72. The molecule has 5 heteroatoms. The summed E-state index contributed by atoms with van der Waals surface area (Å²) in [5.41, 5.74) is 1.62. The molecule has 1 atom stereocenters.